The number of nitrogens with two attached hydrogens (primary N) is 1. The van der Waals surface area contributed by atoms with Crippen molar-refractivity contribution >= 4 is 0 Å². The van der Waals surface area contributed by atoms with Crippen molar-refractivity contribution in [3.8, 4) is 0 Å². The lowest BCUT2D eigenvalue weighted by molar-refractivity contribution is 0.650. The lowest BCUT2D eigenvalue weighted by atomic mass is 9.97. The van der Waals surface area contributed by atoms with Crippen LogP contribution in [0.15, 0.2) is 54.6 Å². The SMILES string of the molecule is Cc1ccccc1CC[C@H](N)c1ccccc1. The molecule has 2 N–H and O–H groups in total. The van der Waals surface area contributed by atoms with Crippen molar-refractivity contribution in [3.05, 3.63) is 71.3 Å². The van der Waals surface area contributed by atoms with E-state index in [9.17, 15) is 0 Å². The van der Waals surface area contributed by atoms with Gasteiger partial charge in [-0.2, -0.15) is 0 Å². The zero-order valence-electron chi connectivity index (χ0n) is 10.3. The largest absolute Gasteiger partial charge is 0.324 e. The van der Waals surface area contributed by atoms with Gasteiger partial charge in [0.15, 0.2) is 0 Å². The van der Waals surface area contributed by atoms with Crippen LogP contribution in [0.3, 0.4) is 0 Å². The quantitative estimate of drug-likeness (QED) is 0.845. The third-order valence-electron chi connectivity index (χ3n) is 3.21. The second-order valence-electron chi connectivity index (χ2n) is 4.48. The Hall–Kier alpha value is -1.60. The van der Waals surface area contributed by atoms with Crippen LogP contribution in [0.1, 0.15) is 29.2 Å². The summed E-state index contributed by atoms with van der Waals surface area (Å²) in [6.07, 6.45) is 2.04. The van der Waals surface area contributed by atoms with Gasteiger partial charge in [-0.05, 0) is 36.5 Å². The second-order valence-corrected chi connectivity index (χ2v) is 4.48. The van der Waals surface area contributed by atoms with Gasteiger partial charge in [-0.15, -0.1) is 0 Å². The molecule has 2 rings (SSSR count). The van der Waals surface area contributed by atoms with Gasteiger partial charge in [0.25, 0.3) is 0 Å². The molecule has 0 aliphatic rings. The van der Waals surface area contributed by atoms with E-state index in [2.05, 4.69) is 43.3 Å². The fraction of sp³-hybridized carbons (Fsp3) is 0.250. The van der Waals surface area contributed by atoms with Crippen LogP contribution in [0.5, 0.6) is 0 Å². The highest BCUT2D eigenvalue weighted by molar-refractivity contribution is 5.26. The molecule has 1 heteroatoms. The molecule has 0 spiro atoms. The molecule has 0 aromatic heterocycles. The first-order valence-corrected chi connectivity index (χ1v) is 6.12. The van der Waals surface area contributed by atoms with Crippen molar-refractivity contribution < 1.29 is 0 Å². The summed E-state index contributed by atoms with van der Waals surface area (Å²) in [6.45, 7) is 2.16. The van der Waals surface area contributed by atoms with Gasteiger partial charge in [-0.3, -0.25) is 0 Å². The zero-order chi connectivity index (χ0) is 12.1. The highest BCUT2D eigenvalue weighted by atomic mass is 14.6. The highest BCUT2D eigenvalue weighted by Crippen LogP contribution is 2.17. The number of rotatable bonds is 4. The van der Waals surface area contributed by atoms with Crippen molar-refractivity contribution in [2.24, 2.45) is 5.73 Å². The maximum atomic E-state index is 6.19. The molecule has 0 unspecified atom stereocenters. The van der Waals surface area contributed by atoms with E-state index in [1.807, 2.05) is 18.2 Å². The molecular weight excluding hydrogens is 206 g/mol. The van der Waals surface area contributed by atoms with Crippen molar-refractivity contribution in [1.29, 1.82) is 0 Å². The standard InChI is InChI=1S/C16H19N/c1-13-7-5-6-8-14(13)11-12-16(17)15-9-3-2-4-10-15/h2-10,16H,11-12,17H2,1H3/t16-/m0/s1. The van der Waals surface area contributed by atoms with E-state index in [1.54, 1.807) is 0 Å². The lowest BCUT2D eigenvalue weighted by Crippen LogP contribution is -2.11. The first-order chi connectivity index (χ1) is 8.27. The molecule has 2 aromatic carbocycles. The summed E-state index contributed by atoms with van der Waals surface area (Å²) in [6, 6.07) is 19.0. The molecule has 1 nitrogen and oxygen atoms in total. The van der Waals surface area contributed by atoms with Crippen molar-refractivity contribution in [2.45, 2.75) is 25.8 Å². The van der Waals surface area contributed by atoms with Gasteiger partial charge < -0.3 is 5.73 Å². The highest BCUT2D eigenvalue weighted by Gasteiger charge is 2.06. The molecule has 0 aliphatic carbocycles. The predicted molar refractivity (Wildman–Crippen MR) is 72.9 cm³/mol. The molecule has 0 aliphatic heterocycles. The average molecular weight is 225 g/mol. The van der Waals surface area contributed by atoms with Crippen LogP contribution in [0.4, 0.5) is 0 Å². The van der Waals surface area contributed by atoms with Crippen LogP contribution in [0.2, 0.25) is 0 Å². The minimum atomic E-state index is 0.135. The summed E-state index contributed by atoms with van der Waals surface area (Å²) in [7, 11) is 0. The van der Waals surface area contributed by atoms with Crippen LogP contribution in [-0.4, -0.2) is 0 Å². The molecule has 2 aromatic rings. The van der Waals surface area contributed by atoms with Crippen molar-refractivity contribution in [2.75, 3.05) is 0 Å². The third-order valence-corrected chi connectivity index (χ3v) is 3.21. The summed E-state index contributed by atoms with van der Waals surface area (Å²) in [5, 5.41) is 0. The van der Waals surface area contributed by atoms with Gasteiger partial charge in [0, 0.05) is 6.04 Å². The van der Waals surface area contributed by atoms with Crippen molar-refractivity contribution in [1.82, 2.24) is 0 Å². The summed E-state index contributed by atoms with van der Waals surface area (Å²) >= 11 is 0. The number of benzene rings is 2. The maximum Gasteiger partial charge on any atom is 0.0298 e. The smallest absolute Gasteiger partial charge is 0.0298 e. The molecule has 0 saturated heterocycles. The Kier molecular flexibility index (Phi) is 3.94. The zero-order valence-corrected chi connectivity index (χ0v) is 10.3. The fourth-order valence-electron chi connectivity index (χ4n) is 2.07. The molecule has 0 amide bonds. The lowest BCUT2D eigenvalue weighted by Gasteiger charge is -2.12. The van der Waals surface area contributed by atoms with Gasteiger partial charge in [-0.25, -0.2) is 0 Å². The summed E-state index contributed by atoms with van der Waals surface area (Å²) in [5.41, 5.74) is 10.2. The van der Waals surface area contributed by atoms with Crippen LogP contribution in [0.25, 0.3) is 0 Å². The Morgan fingerprint density at radius 1 is 0.941 bits per heavy atom. The summed E-state index contributed by atoms with van der Waals surface area (Å²) in [4.78, 5) is 0. The minimum Gasteiger partial charge on any atom is -0.324 e. The van der Waals surface area contributed by atoms with Crippen LogP contribution < -0.4 is 5.73 Å². The first-order valence-electron chi connectivity index (χ1n) is 6.12. The van der Waals surface area contributed by atoms with E-state index in [1.165, 1.54) is 16.7 Å². The summed E-state index contributed by atoms with van der Waals surface area (Å²) < 4.78 is 0. The Morgan fingerprint density at radius 3 is 2.29 bits per heavy atom. The van der Waals surface area contributed by atoms with Gasteiger partial charge in [0.1, 0.15) is 0 Å². The van der Waals surface area contributed by atoms with Crippen LogP contribution >= 0.6 is 0 Å². The van der Waals surface area contributed by atoms with E-state index in [0.29, 0.717) is 0 Å². The first kappa shape index (κ1) is 11.9. The minimum absolute atomic E-state index is 0.135. The molecular formula is C16H19N. The number of hydrogen-bond donors (Lipinski definition) is 1. The molecule has 0 bridgehead atoms. The van der Waals surface area contributed by atoms with Gasteiger partial charge in [-0.1, -0.05) is 54.6 Å². The maximum absolute atomic E-state index is 6.19. The Morgan fingerprint density at radius 2 is 1.59 bits per heavy atom. The summed E-state index contributed by atoms with van der Waals surface area (Å²) in [5.74, 6) is 0. The van der Waals surface area contributed by atoms with Crippen LogP contribution in [0, 0.1) is 6.92 Å². The molecule has 0 radical (unpaired) electrons. The molecule has 1 atom stereocenters. The number of hydrogen-bond acceptors (Lipinski definition) is 1. The molecule has 88 valence electrons. The van der Waals surface area contributed by atoms with Crippen LogP contribution in [-0.2, 0) is 6.42 Å². The van der Waals surface area contributed by atoms with E-state index in [4.69, 9.17) is 5.73 Å². The van der Waals surface area contributed by atoms with Gasteiger partial charge in [0.2, 0.25) is 0 Å². The second kappa shape index (κ2) is 5.65. The van der Waals surface area contributed by atoms with E-state index < -0.39 is 0 Å². The van der Waals surface area contributed by atoms with E-state index in [0.717, 1.165) is 12.8 Å². The van der Waals surface area contributed by atoms with E-state index in [-0.39, 0.29) is 6.04 Å². The van der Waals surface area contributed by atoms with Crippen molar-refractivity contribution in [3.63, 3.8) is 0 Å². The Bertz CT molecular complexity index is 462. The monoisotopic (exact) mass is 225 g/mol. The van der Waals surface area contributed by atoms with E-state index >= 15 is 0 Å². The Balaban J connectivity index is 1.97. The topological polar surface area (TPSA) is 26.0 Å². The molecule has 0 heterocycles. The van der Waals surface area contributed by atoms with Gasteiger partial charge >= 0.3 is 0 Å². The van der Waals surface area contributed by atoms with Gasteiger partial charge in [0.05, 0.1) is 0 Å². The normalized spacial score (nSPS) is 12.4. The molecule has 17 heavy (non-hydrogen) atoms. The molecule has 0 saturated carbocycles. The fourth-order valence-corrected chi connectivity index (χ4v) is 2.07. The third kappa shape index (κ3) is 3.18. The molecule has 0 fully saturated rings. The number of aryl methyl sites for hydroxylation is 2. The predicted octanol–water partition coefficient (Wildman–Crippen LogP) is 3.63. The Labute approximate surface area is 103 Å². The average Bonchev–Trinajstić information content (AvgIpc) is 2.38.